The number of Topliss-reactive ketones (excluding diaryl/α,β-unsaturated/α-hetero) is 3. The molecule has 4 N–H and O–H groups in total. The van der Waals surface area contributed by atoms with Crippen LogP contribution in [-0.2, 0) is 57.1 Å². The number of methoxy groups -OCH3 is 2. The van der Waals surface area contributed by atoms with Crippen LogP contribution in [0.3, 0.4) is 0 Å². The maximum atomic E-state index is 14.5. The first kappa shape index (κ1) is 62.1. The minimum Gasteiger partial charge on any atom is -0.460 e. The summed E-state index contributed by atoms with van der Waals surface area (Å²) in [5.41, 5.74) is 1.20. The zero-order chi connectivity index (χ0) is 53.8. The van der Waals surface area contributed by atoms with Gasteiger partial charge in [-0.05, 0) is 107 Å². The van der Waals surface area contributed by atoms with Crippen molar-refractivity contribution < 1.29 is 77.6 Å². The Labute approximate surface area is 434 Å². The zero-order valence-electron chi connectivity index (χ0n) is 45.1. The quantitative estimate of drug-likeness (QED) is 0.0720. The predicted molar refractivity (Wildman–Crippen MR) is 273 cm³/mol. The van der Waals surface area contributed by atoms with Crippen molar-refractivity contribution in [1.82, 2.24) is 4.90 Å². The number of esters is 1. The molecule has 4 rings (SSSR count). The number of amides is 1. The van der Waals surface area contributed by atoms with E-state index >= 15 is 0 Å². The van der Waals surface area contributed by atoms with E-state index in [1.54, 1.807) is 40.9 Å². The van der Waals surface area contributed by atoms with E-state index in [-0.39, 0.29) is 87.7 Å². The van der Waals surface area contributed by atoms with Crippen LogP contribution in [0.15, 0.2) is 47.6 Å². The average Bonchev–Trinajstić information content (AvgIpc) is 3.37. The van der Waals surface area contributed by atoms with Crippen molar-refractivity contribution in [2.24, 2.45) is 35.5 Å². The highest BCUT2D eigenvalue weighted by Gasteiger charge is 2.53. The van der Waals surface area contributed by atoms with Gasteiger partial charge < -0.3 is 58.5 Å². The Kier molecular flexibility index (Phi) is 26.3. The number of aliphatic hydroxyl groups excluding tert-OH is 3. The minimum atomic E-state index is -2.49. The van der Waals surface area contributed by atoms with Crippen LogP contribution in [0.5, 0.6) is 0 Å². The lowest BCUT2D eigenvalue weighted by Gasteiger charge is -2.43. The predicted octanol–water partition coefficient (Wildman–Crippen LogP) is 5.58. The molecule has 414 valence electrons. The maximum absolute atomic E-state index is 14.5. The number of rotatable bonds is 14. The number of piperidine rings is 1. The van der Waals surface area contributed by atoms with Crippen molar-refractivity contribution >= 4 is 29.2 Å². The van der Waals surface area contributed by atoms with Gasteiger partial charge in [0, 0.05) is 51.4 Å². The fourth-order valence-electron chi connectivity index (χ4n) is 10.7. The van der Waals surface area contributed by atoms with Crippen LogP contribution in [0.2, 0.25) is 0 Å². The van der Waals surface area contributed by atoms with Crippen molar-refractivity contribution in [3.8, 4) is 0 Å². The van der Waals surface area contributed by atoms with Gasteiger partial charge in [0.2, 0.25) is 5.79 Å². The van der Waals surface area contributed by atoms with Gasteiger partial charge in [-0.25, -0.2) is 4.79 Å². The number of aliphatic hydroxyl groups is 4. The Hall–Kier alpha value is -3.49. The van der Waals surface area contributed by atoms with E-state index in [1.807, 2.05) is 51.2 Å². The molecular weight excluding hydrogens is 943 g/mol. The average molecular weight is 1030 g/mol. The Balaban J connectivity index is 1.69. The number of carbonyl (C=O) groups excluding carboxylic acids is 5. The van der Waals surface area contributed by atoms with E-state index in [1.165, 1.54) is 12.0 Å². The maximum Gasteiger partial charge on any atom is 0.329 e. The fourth-order valence-corrected chi connectivity index (χ4v) is 10.7. The number of allylic oxidation sites excluding steroid dienone is 6. The molecule has 2 saturated heterocycles. The highest BCUT2D eigenvalue weighted by atomic mass is 16.6. The van der Waals surface area contributed by atoms with Crippen molar-refractivity contribution in [3.05, 3.63) is 47.6 Å². The second-order valence-corrected chi connectivity index (χ2v) is 21.2. The summed E-state index contributed by atoms with van der Waals surface area (Å²) in [6.07, 6.45) is 10.4. The van der Waals surface area contributed by atoms with Gasteiger partial charge in [-0.2, -0.15) is 0 Å². The molecule has 3 fully saturated rings. The zero-order valence-corrected chi connectivity index (χ0v) is 45.1. The van der Waals surface area contributed by atoms with Gasteiger partial charge in [-0.3, -0.25) is 19.2 Å². The molecule has 3 aliphatic heterocycles. The molecule has 73 heavy (non-hydrogen) atoms. The lowest BCUT2D eigenvalue weighted by atomic mass is 9.78. The summed E-state index contributed by atoms with van der Waals surface area (Å²) in [4.78, 5) is 72.5. The molecule has 0 spiro atoms. The fraction of sp³-hybridized carbons (Fsp3) is 0.768. The van der Waals surface area contributed by atoms with Gasteiger partial charge in [0.1, 0.15) is 30.1 Å². The molecule has 3 heterocycles. The first-order valence-corrected chi connectivity index (χ1v) is 26.8. The summed E-state index contributed by atoms with van der Waals surface area (Å²) in [5, 5.41) is 43.1. The van der Waals surface area contributed by atoms with E-state index in [9.17, 15) is 39.3 Å². The van der Waals surface area contributed by atoms with E-state index in [4.69, 9.17) is 38.3 Å². The summed E-state index contributed by atoms with van der Waals surface area (Å²) in [6.45, 7) is 13.8. The van der Waals surface area contributed by atoms with Crippen LogP contribution in [0.25, 0.3) is 0 Å². The van der Waals surface area contributed by atoms with E-state index in [0.29, 0.717) is 76.6 Å². The monoisotopic (exact) mass is 1030 g/mol. The second kappa shape index (κ2) is 30.9. The number of nitrogens with zero attached hydrogens (tertiary/aromatic N) is 1. The lowest BCUT2D eigenvalue weighted by Crippen LogP contribution is -2.61. The number of cyclic esters (lactones) is 1. The molecule has 17 nitrogen and oxygen atoms in total. The first-order chi connectivity index (χ1) is 34.7. The smallest absolute Gasteiger partial charge is 0.329 e. The summed E-state index contributed by atoms with van der Waals surface area (Å²) >= 11 is 0. The van der Waals surface area contributed by atoms with Gasteiger partial charge >= 0.3 is 5.97 Å². The number of hydrogen-bond donors (Lipinski definition) is 4. The van der Waals surface area contributed by atoms with Crippen molar-refractivity contribution in [2.75, 3.05) is 60.4 Å². The Morgan fingerprint density at radius 3 is 2.23 bits per heavy atom. The van der Waals surface area contributed by atoms with Crippen LogP contribution in [-0.4, -0.2) is 170 Å². The van der Waals surface area contributed by atoms with Gasteiger partial charge in [-0.1, -0.05) is 71.1 Å². The third kappa shape index (κ3) is 18.4. The standard InChI is InChI=1S/C56H89NO16/c1-35-15-11-10-12-16-36(2)47(71-28-27-70-26-25-69-24-23-58)33-43-20-18-41(7)56(66,73-43)53(63)54(64)57-22-14-13-17-44(57)55(65)72-48(38(4)31-42-19-21-45(59)49(32-42)67-8)34-46(60)37(3)30-40(6)51(62)52(68-9)50(61)39(5)29-35/h10-12,15-16,30,35,37-39,41-45,47-49,51-52,58-59,62,66H,13-14,17-29,31-34H2,1-9H3/b12-10+,15-11+,36-16+,40-30+/t35-,37-,38?,39-,41-,42+,43+,44+,45-,47+,48+,49-,51-,52+,56-/m1/s1. The third-order valence-corrected chi connectivity index (χ3v) is 15.3. The summed E-state index contributed by atoms with van der Waals surface area (Å²) in [7, 11) is 2.93. The number of ketones is 3. The highest BCUT2D eigenvalue weighted by Crippen LogP contribution is 2.38. The molecule has 0 aromatic rings. The Morgan fingerprint density at radius 2 is 1.53 bits per heavy atom. The van der Waals surface area contributed by atoms with Gasteiger partial charge in [-0.15, -0.1) is 0 Å². The molecule has 1 saturated carbocycles. The van der Waals surface area contributed by atoms with Crippen molar-refractivity contribution in [1.29, 1.82) is 0 Å². The SMILES string of the molecule is CO[C@@H]1C[C@H](CC(C)[C@@H]2CC(=O)[C@H](C)/C=C(\C)[C@@H](O)[C@@H](OC)C(=O)[C@H](C)C[C@H](C)/C=C/C=C/C=C(\C)[C@@H](OCCOCCOCCO)C[C@@H]3CC[C@@H](C)[C@@](O)(O3)C(=O)C(=O)N3CCCC[C@H]3C(=O)O2)CC[C@H]1O. The first-order valence-electron chi connectivity index (χ1n) is 26.8. The van der Waals surface area contributed by atoms with Crippen molar-refractivity contribution in [2.45, 2.75) is 180 Å². The van der Waals surface area contributed by atoms with Crippen LogP contribution >= 0.6 is 0 Å². The van der Waals surface area contributed by atoms with E-state index in [2.05, 4.69) is 0 Å². The third-order valence-electron chi connectivity index (χ3n) is 15.3. The molecular formula is C56H89NO16. The van der Waals surface area contributed by atoms with Crippen LogP contribution < -0.4 is 0 Å². The largest absolute Gasteiger partial charge is 0.460 e. The molecule has 0 radical (unpaired) electrons. The molecule has 0 aromatic carbocycles. The van der Waals surface area contributed by atoms with Crippen molar-refractivity contribution in [3.63, 3.8) is 0 Å². The number of ether oxygens (including phenoxy) is 7. The molecule has 1 aliphatic carbocycles. The molecule has 15 atom stereocenters. The summed E-state index contributed by atoms with van der Waals surface area (Å²) in [5.74, 6) is -8.31. The molecule has 4 aliphatic rings. The van der Waals surface area contributed by atoms with Gasteiger partial charge in [0.05, 0.1) is 64.1 Å². The lowest BCUT2D eigenvalue weighted by molar-refractivity contribution is -0.266. The van der Waals surface area contributed by atoms with Gasteiger partial charge in [0.25, 0.3) is 11.7 Å². The molecule has 17 heteroatoms. The van der Waals surface area contributed by atoms with E-state index < -0.39 is 83.9 Å². The second-order valence-electron chi connectivity index (χ2n) is 21.2. The number of carbonyl (C=O) groups is 5. The Morgan fingerprint density at radius 1 is 0.822 bits per heavy atom. The summed E-state index contributed by atoms with van der Waals surface area (Å²) in [6, 6.07) is -1.17. The highest BCUT2D eigenvalue weighted by molar-refractivity contribution is 6.39. The molecule has 0 aromatic heterocycles. The van der Waals surface area contributed by atoms with Crippen LogP contribution in [0.1, 0.15) is 126 Å². The minimum absolute atomic E-state index is 0.0192. The van der Waals surface area contributed by atoms with E-state index in [0.717, 1.165) is 5.57 Å². The topological polar surface area (TPSA) is 234 Å². The number of fused-ring (bicyclic) bond motifs is 3. The normalized spacial score (nSPS) is 37.3. The molecule has 1 unspecified atom stereocenters. The number of hydrogen-bond acceptors (Lipinski definition) is 16. The molecule has 1 amide bonds. The van der Waals surface area contributed by atoms with Crippen LogP contribution in [0, 0.1) is 35.5 Å². The van der Waals surface area contributed by atoms with Gasteiger partial charge in [0.15, 0.2) is 5.78 Å². The summed E-state index contributed by atoms with van der Waals surface area (Å²) < 4.78 is 41.0. The Bertz CT molecular complexity index is 1900. The molecule has 2 bridgehead atoms. The van der Waals surface area contributed by atoms with Crippen LogP contribution in [0.4, 0.5) is 0 Å².